The van der Waals surface area contributed by atoms with Gasteiger partial charge in [0.05, 0.1) is 12.9 Å². The van der Waals surface area contributed by atoms with Crippen LogP contribution in [0.4, 0.5) is 0 Å². The molecule has 124 valence electrons. The number of hydrogen-bond donors (Lipinski definition) is 6. The summed E-state index contributed by atoms with van der Waals surface area (Å²) in [4.78, 5) is 15.8. The first-order valence-corrected chi connectivity index (χ1v) is 6.76. The van der Waals surface area contributed by atoms with E-state index in [-0.39, 0.29) is 6.54 Å². The molecule has 1 unspecified atom stereocenters. The van der Waals surface area contributed by atoms with E-state index in [0.29, 0.717) is 0 Å². The van der Waals surface area contributed by atoms with Crippen LogP contribution in [0.1, 0.15) is 0 Å². The number of ether oxygens (including phenoxy) is 1. The first kappa shape index (κ1) is 16.8. The summed E-state index contributed by atoms with van der Waals surface area (Å²) in [7, 11) is 0. The quantitative estimate of drug-likeness (QED) is 0.321. The second-order valence-corrected chi connectivity index (χ2v) is 5.13. The van der Waals surface area contributed by atoms with Crippen LogP contribution in [0.2, 0.25) is 0 Å². The number of nitrogens with zero attached hydrogens (tertiary/aromatic N) is 2. The molecule has 1 saturated heterocycles. The Bertz CT molecular complexity index is 484. The van der Waals surface area contributed by atoms with Crippen LogP contribution in [0.15, 0.2) is 18.7 Å². The number of nitrogens with one attached hydrogen (secondary N) is 1. The second kappa shape index (κ2) is 7.13. The zero-order valence-corrected chi connectivity index (χ0v) is 11.7. The standard InChI is InChI=1S/C12H20N4O6/c13-6(3-16-2-1-14-5-16)11(20)15-8-10(19)9(18)7(4-17)22-12(8)21/h1-2,5-10,12,17-19,21H,3-4,13H2,(H,15,20)/t6?,7-,8-,9-,10-,12-/m1/s1. The molecule has 1 aliphatic rings. The van der Waals surface area contributed by atoms with Crippen molar-refractivity contribution in [2.45, 2.75) is 43.2 Å². The Kier molecular flexibility index (Phi) is 5.45. The number of nitrogens with two attached hydrogens (primary N) is 1. The van der Waals surface area contributed by atoms with Gasteiger partial charge < -0.3 is 40.8 Å². The predicted octanol–water partition coefficient (Wildman–Crippen LogP) is -3.87. The molecule has 1 amide bonds. The van der Waals surface area contributed by atoms with Crippen molar-refractivity contribution in [1.29, 1.82) is 0 Å². The smallest absolute Gasteiger partial charge is 0.239 e. The minimum Gasteiger partial charge on any atom is -0.394 e. The maximum absolute atomic E-state index is 12.0. The molecule has 0 radical (unpaired) electrons. The van der Waals surface area contributed by atoms with Crippen LogP contribution >= 0.6 is 0 Å². The van der Waals surface area contributed by atoms with Gasteiger partial charge in [-0.25, -0.2) is 4.98 Å². The van der Waals surface area contributed by atoms with E-state index in [4.69, 9.17) is 15.6 Å². The van der Waals surface area contributed by atoms with E-state index in [9.17, 15) is 20.1 Å². The maximum Gasteiger partial charge on any atom is 0.239 e. The number of amides is 1. The van der Waals surface area contributed by atoms with Crippen molar-refractivity contribution in [2.75, 3.05) is 6.61 Å². The molecule has 1 aliphatic heterocycles. The maximum atomic E-state index is 12.0. The fourth-order valence-corrected chi connectivity index (χ4v) is 2.23. The summed E-state index contributed by atoms with van der Waals surface area (Å²) in [6.45, 7) is -0.413. The van der Waals surface area contributed by atoms with E-state index in [0.717, 1.165) is 0 Å². The highest BCUT2D eigenvalue weighted by atomic mass is 16.6. The van der Waals surface area contributed by atoms with Crippen molar-refractivity contribution in [3.8, 4) is 0 Å². The molecule has 2 heterocycles. The Morgan fingerprint density at radius 2 is 2.14 bits per heavy atom. The normalized spacial score (nSPS) is 33.4. The number of hydrogen-bond acceptors (Lipinski definition) is 8. The van der Waals surface area contributed by atoms with Crippen LogP contribution < -0.4 is 11.1 Å². The fraction of sp³-hybridized carbons (Fsp3) is 0.667. The van der Waals surface area contributed by atoms with Crippen LogP contribution in [-0.4, -0.2) is 79.2 Å². The third-order valence-electron chi connectivity index (χ3n) is 3.51. The van der Waals surface area contributed by atoms with Gasteiger partial charge in [-0.05, 0) is 0 Å². The molecule has 22 heavy (non-hydrogen) atoms. The van der Waals surface area contributed by atoms with Crippen LogP contribution in [0.5, 0.6) is 0 Å². The number of aliphatic hydroxyl groups is 4. The van der Waals surface area contributed by atoms with Crippen LogP contribution in [0.3, 0.4) is 0 Å². The lowest BCUT2D eigenvalue weighted by atomic mass is 9.97. The summed E-state index contributed by atoms with van der Waals surface area (Å²) in [5.74, 6) is -0.630. The molecule has 0 aliphatic carbocycles. The second-order valence-electron chi connectivity index (χ2n) is 5.13. The molecule has 6 atom stereocenters. The van der Waals surface area contributed by atoms with Gasteiger partial charge in [0, 0.05) is 18.9 Å². The number of carbonyl (C=O) groups excluding carboxylic acids is 1. The highest BCUT2D eigenvalue weighted by Crippen LogP contribution is 2.19. The summed E-state index contributed by atoms with van der Waals surface area (Å²) in [5, 5.41) is 40.8. The summed E-state index contributed by atoms with van der Waals surface area (Å²) in [5.41, 5.74) is 5.74. The molecule has 10 heteroatoms. The van der Waals surface area contributed by atoms with Gasteiger partial charge in [0.15, 0.2) is 6.29 Å². The van der Waals surface area contributed by atoms with E-state index in [1.807, 2.05) is 0 Å². The first-order chi connectivity index (χ1) is 10.4. The number of rotatable bonds is 5. The van der Waals surface area contributed by atoms with Gasteiger partial charge in [-0.1, -0.05) is 0 Å². The van der Waals surface area contributed by atoms with Crippen molar-refractivity contribution in [2.24, 2.45) is 5.73 Å². The molecular weight excluding hydrogens is 296 g/mol. The topological polar surface area (TPSA) is 163 Å². The summed E-state index contributed by atoms with van der Waals surface area (Å²) in [6, 6.07) is -2.19. The molecule has 0 bridgehead atoms. The highest BCUT2D eigenvalue weighted by molar-refractivity contribution is 5.81. The molecule has 2 rings (SSSR count). The highest BCUT2D eigenvalue weighted by Gasteiger charge is 2.44. The molecule has 0 saturated carbocycles. The van der Waals surface area contributed by atoms with Gasteiger partial charge in [0.1, 0.15) is 30.4 Å². The number of imidazole rings is 1. The summed E-state index contributed by atoms with van der Waals surface area (Å²) in [6.07, 6.45) is -0.961. The van der Waals surface area contributed by atoms with Gasteiger partial charge in [-0.2, -0.15) is 0 Å². The molecular formula is C12H20N4O6. The van der Waals surface area contributed by atoms with Gasteiger partial charge in [0.25, 0.3) is 0 Å². The molecule has 1 fully saturated rings. The van der Waals surface area contributed by atoms with Crippen molar-refractivity contribution >= 4 is 5.91 Å². The summed E-state index contributed by atoms with van der Waals surface area (Å²) < 4.78 is 6.54. The lowest BCUT2D eigenvalue weighted by Gasteiger charge is -2.40. The molecule has 1 aromatic heterocycles. The lowest BCUT2D eigenvalue weighted by Crippen LogP contribution is -2.65. The Hall–Kier alpha value is -1.56. The van der Waals surface area contributed by atoms with Crippen molar-refractivity contribution < 1.29 is 30.0 Å². The van der Waals surface area contributed by atoms with Crippen molar-refractivity contribution in [3.05, 3.63) is 18.7 Å². The van der Waals surface area contributed by atoms with E-state index >= 15 is 0 Å². The Morgan fingerprint density at radius 1 is 1.41 bits per heavy atom. The van der Waals surface area contributed by atoms with Crippen molar-refractivity contribution in [3.63, 3.8) is 0 Å². The van der Waals surface area contributed by atoms with Gasteiger partial charge in [0.2, 0.25) is 5.91 Å². The zero-order chi connectivity index (χ0) is 16.3. The van der Waals surface area contributed by atoms with E-state index in [1.165, 1.54) is 6.33 Å². The van der Waals surface area contributed by atoms with E-state index in [2.05, 4.69) is 10.3 Å². The van der Waals surface area contributed by atoms with Gasteiger partial charge in [-0.15, -0.1) is 0 Å². The SMILES string of the molecule is NC(Cn1ccnc1)C(=O)N[C@@H]1[C@@H](O)[C@H](O)[C@@H](CO)O[C@H]1O. The Balaban J connectivity index is 1.95. The minimum atomic E-state index is -1.57. The van der Waals surface area contributed by atoms with Gasteiger partial charge in [-0.3, -0.25) is 4.79 Å². The van der Waals surface area contributed by atoms with E-state index in [1.54, 1.807) is 17.0 Å². The molecule has 7 N–H and O–H groups in total. The monoisotopic (exact) mass is 316 g/mol. The molecule has 0 spiro atoms. The number of carbonyl (C=O) groups is 1. The van der Waals surface area contributed by atoms with Crippen LogP contribution in [0.25, 0.3) is 0 Å². The van der Waals surface area contributed by atoms with Crippen LogP contribution in [0, 0.1) is 0 Å². The van der Waals surface area contributed by atoms with Crippen LogP contribution in [-0.2, 0) is 16.1 Å². The number of aromatic nitrogens is 2. The van der Waals surface area contributed by atoms with Crippen molar-refractivity contribution in [1.82, 2.24) is 14.9 Å². The average Bonchev–Trinajstić information content (AvgIpc) is 2.99. The minimum absolute atomic E-state index is 0.160. The molecule has 1 aromatic rings. The van der Waals surface area contributed by atoms with E-state index < -0.39 is 49.2 Å². The number of aliphatic hydroxyl groups excluding tert-OH is 4. The Morgan fingerprint density at radius 3 is 2.73 bits per heavy atom. The lowest BCUT2D eigenvalue weighted by molar-refractivity contribution is -0.253. The third-order valence-corrected chi connectivity index (χ3v) is 3.51. The largest absolute Gasteiger partial charge is 0.394 e. The average molecular weight is 316 g/mol. The third kappa shape index (κ3) is 3.61. The fourth-order valence-electron chi connectivity index (χ4n) is 2.23. The first-order valence-electron chi connectivity index (χ1n) is 6.76. The summed E-state index contributed by atoms with van der Waals surface area (Å²) >= 11 is 0. The zero-order valence-electron chi connectivity index (χ0n) is 11.7. The Labute approximate surface area is 126 Å². The molecule has 10 nitrogen and oxygen atoms in total. The molecule has 0 aromatic carbocycles. The predicted molar refractivity (Wildman–Crippen MR) is 72.1 cm³/mol. The van der Waals surface area contributed by atoms with Gasteiger partial charge >= 0.3 is 0 Å².